The molecule has 1 saturated heterocycles. The van der Waals surface area contributed by atoms with Gasteiger partial charge in [0, 0.05) is 5.69 Å². The minimum atomic E-state index is -0.297. The molecule has 0 spiro atoms. The van der Waals surface area contributed by atoms with Gasteiger partial charge in [-0.1, -0.05) is 43.0 Å². The second-order valence-corrected chi connectivity index (χ2v) is 10.3. The highest BCUT2D eigenvalue weighted by molar-refractivity contribution is 9.11. The Morgan fingerprint density at radius 3 is 2.48 bits per heavy atom. The minimum Gasteiger partial charge on any atom is -0.487 e. The maximum atomic E-state index is 13.4. The average molecular weight is 592 g/mol. The maximum absolute atomic E-state index is 13.4. The van der Waals surface area contributed by atoms with Gasteiger partial charge in [-0.15, -0.1) is 0 Å². The van der Waals surface area contributed by atoms with Crippen molar-refractivity contribution in [2.24, 2.45) is 0 Å². The molecule has 4 rings (SSSR count). The van der Waals surface area contributed by atoms with E-state index in [-0.39, 0.29) is 23.8 Å². The number of halogens is 3. The van der Waals surface area contributed by atoms with Crippen LogP contribution in [0.4, 0.5) is 10.1 Å². The smallest absolute Gasteiger partial charge is 0.260 e. The molecule has 1 fully saturated rings. The first-order chi connectivity index (χ1) is 15.9. The van der Waals surface area contributed by atoms with Crippen LogP contribution in [0.5, 0.6) is 5.75 Å². The molecule has 2 N–H and O–H groups in total. The largest absolute Gasteiger partial charge is 0.487 e. The number of hydrogen-bond acceptors (Lipinski definition) is 4. The molecule has 0 aromatic heterocycles. The summed E-state index contributed by atoms with van der Waals surface area (Å²) in [6.45, 7) is 2.35. The molecule has 3 aromatic rings. The summed E-state index contributed by atoms with van der Waals surface area (Å²) in [4.78, 5) is 13.1. The maximum Gasteiger partial charge on any atom is 0.260 e. The van der Waals surface area contributed by atoms with Gasteiger partial charge < -0.3 is 15.4 Å². The number of nitrogens with one attached hydrogen (secondary N) is 2. The Kier molecular flexibility index (Phi) is 7.78. The van der Waals surface area contributed by atoms with Crippen LogP contribution < -0.4 is 15.4 Å². The Hall–Kier alpha value is -2.29. The Bertz CT molecular complexity index is 1180. The van der Waals surface area contributed by atoms with Crippen molar-refractivity contribution in [1.82, 2.24) is 5.32 Å². The number of benzene rings is 3. The van der Waals surface area contributed by atoms with E-state index in [4.69, 9.17) is 4.74 Å². The van der Waals surface area contributed by atoms with Gasteiger partial charge in [0.15, 0.2) is 5.50 Å². The normalized spacial score (nSPS) is 16.7. The van der Waals surface area contributed by atoms with E-state index in [0.29, 0.717) is 10.7 Å². The molecule has 1 aliphatic heterocycles. The summed E-state index contributed by atoms with van der Waals surface area (Å²) < 4.78 is 20.7. The number of amides is 1. The highest BCUT2D eigenvalue weighted by Crippen LogP contribution is 2.37. The lowest BCUT2D eigenvalue weighted by Crippen LogP contribution is -2.30. The lowest BCUT2D eigenvalue weighted by Gasteiger charge is -2.13. The van der Waals surface area contributed by atoms with Crippen LogP contribution in [0.3, 0.4) is 0 Å². The molecule has 0 radical (unpaired) electrons. The summed E-state index contributed by atoms with van der Waals surface area (Å²) in [6.07, 6.45) is 2.83. The highest BCUT2D eigenvalue weighted by Gasteiger charge is 2.27. The van der Waals surface area contributed by atoms with E-state index >= 15 is 0 Å². The number of anilines is 1. The number of ether oxygens (including phenoxy) is 1. The molecule has 1 amide bonds. The molecular weight excluding hydrogens is 571 g/mol. The topological polar surface area (TPSA) is 50.4 Å². The second-order valence-electron chi connectivity index (χ2n) is 7.41. The molecule has 1 heterocycles. The van der Waals surface area contributed by atoms with Gasteiger partial charge in [-0.25, -0.2) is 4.39 Å². The summed E-state index contributed by atoms with van der Waals surface area (Å²) in [7, 11) is 0. The van der Waals surface area contributed by atoms with Crippen molar-refractivity contribution < 1.29 is 13.9 Å². The average Bonchev–Trinajstić information content (AvgIpc) is 3.12. The predicted octanol–water partition coefficient (Wildman–Crippen LogP) is 7.09. The van der Waals surface area contributed by atoms with Gasteiger partial charge in [0.1, 0.15) is 18.2 Å². The summed E-state index contributed by atoms with van der Waals surface area (Å²) in [5.74, 6) is 0.190. The molecule has 0 bridgehead atoms. The van der Waals surface area contributed by atoms with E-state index < -0.39 is 0 Å². The molecule has 0 unspecified atom stereocenters. The van der Waals surface area contributed by atoms with Gasteiger partial charge in [-0.05, 0) is 97.4 Å². The second kappa shape index (κ2) is 10.8. The van der Waals surface area contributed by atoms with Crippen molar-refractivity contribution in [3.05, 3.63) is 97.0 Å². The molecule has 1 aliphatic rings. The molecule has 1 atom stereocenters. The quantitative estimate of drug-likeness (QED) is 0.288. The number of thioether (sulfide) groups is 1. The molecule has 3 aromatic carbocycles. The van der Waals surface area contributed by atoms with Crippen molar-refractivity contribution in [2.45, 2.75) is 25.4 Å². The van der Waals surface area contributed by atoms with Crippen molar-refractivity contribution in [2.75, 3.05) is 5.32 Å². The van der Waals surface area contributed by atoms with Crippen LogP contribution in [0.1, 0.15) is 23.6 Å². The van der Waals surface area contributed by atoms with E-state index in [0.717, 1.165) is 32.2 Å². The fourth-order valence-corrected chi connectivity index (χ4v) is 5.72. The fraction of sp³-hybridized carbons (Fsp3) is 0.160. The van der Waals surface area contributed by atoms with Crippen LogP contribution in [-0.2, 0) is 17.8 Å². The molecule has 0 saturated carbocycles. The van der Waals surface area contributed by atoms with Crippen molar-refractivity contribution in [1.29, 1.82) is 0 Å². The zero-order valence-electron chi connectivity index (χ0n) is 17.7. The van der Waals surface area contributed by atoms with Gasteiger partial charge in [0.2, 0.25) is 0 Å². The zero-order chi connectivity index (χ0) is 23.4. The van der Waals surface area contributed by atoms with E-state index in [2.05, 4.69) is 61.5 Å². The molecule has 0 aliphatic carbocycles. The first-order valence-electron chi connectivity index (χ1n) is 10.3. The van der Waals surface area contributed by atoms with E-state index in [1.807, 2.05) is 36.4 Å². The van der Waals surface area contributed by atoms with Crippen LogP contribution in [0, 0.1) is 5.82 Å². The van der Waals surface area contributed by atoms with Crippen LogP contribution in [0.25, 0.3) is 6.08 Å². The monoisotopic (exact) mass is 590 g/mol. The van der Waals surface area contributed by atoms with E-state index in [1.54, 1.807) is 6.07 Å². The first kappa shape index (κ1) is 23.9. The summed E-state index contributed by atoms with van der Waals surface area (Å²) in [5.41, 5.74) is 3.57. The molecular formula is C25H21Br2FN2O2S. The first-order valence-corrected chi connectivity index (χ1v) is 12.8. The van der Waals surface area contributed by atoms with Crippen molar-refractivity contribution >= 4 is 61.3 Å². The van der Waals surface area contributed by atoms with Crippen LogP contribution in [0.2, 0.25) is 0 Å². The summed E-state index contributed by atoms with van der Waals surface area (Å²) in [5, 5.41) is 6.28. The third-order valence-corrected chi connectivity index (χ3v) is 7.19. The van der Waals surface area contributed by atoms with Crippen LogP contribution in [0.15, 0.2) is 74.5 Å². The predicted molar refractivity (Wildman–Crippen MR) is 140 cm³/mol. The van der Waals surface area contributed by atoms with Crippen molar-refractivity contribution in [3.63, 3.8) is 0 Å². The van der Waals surface area contributed by atoms with Gasteiger partial charge in [0.05, 0.1) is 13.9 Å². The Morgan fingerprint density at radius 2 is 1.82 bits per heavy atom. The van der Waals surface area contributed by atoms with Crippen LogP contribution in [-0.4, -0.2) is 11.4 Å². The molecule has 8 heteroatoms. The van der Waals surface area contributed by atoms with Gasteiger partial charge in [0.25, 0.3) is 5.91 Å². The number of rotatable bonds is 7. The summed E-state index contributed by atoms with van der Waals surface area (Å²) in [6, 6.07) is 18.3. The highest BCUT2D eigenvalue weighted by atomic mass is 79.9. The molecule has 33 heavy (non-hydrogen) atoms. The van der Waals surface area contributed by atoms with Gasteiger partial charge in [-0.2, -0.15) is 0 Å². The zero-order valence-corrected chi connectivity index (χ0v) is 21.7. The van der Waals surface area contributed by atoms with Gasteiger partial charge in [-0.3, -0.25) is 4.79 Å². The SMILES string of the molecule is CCc1ccc(N[C@H]2NC(=O)/C(=C/c3cc(Br)c(OCc4cccc(F)c4)c(Br)c3)S2)cc1. The fourth-order valence-electron chi connectivity index (χ4n) is 3.29. The Labute approximate surface area is 213 Å². The molecule has 170 valence electrons. The van der Waals surface area contributed by atoms with Crippen LogP contribution >= 0.6 is 43.6 Å². The number of aryl methyl sites for hydroxylation is 1. The van der Waals surface area contributed by atoms with Crippen molar-refractivity contribution in [3.8, 4) is 5.75 Å². The van der Waals surface area contributed by atoms with E-state index in [9.17, 15) is 9.18 Å². The third kappa shape index (κ3) is 6.19. The third-order valence-electron chi connectivity index (χ3n) is 4.98. The minimum absolute atomic E-state index is 0.124. The number of carbonyl (C=O) groups is 1. The number of carbonyl (C=O) groups excluding carboxylic acids is 1. The summed E-state index contributed by atoms with van der Waals surface area (Å²) >= 11 is 8.52. The Balaban J connectivity index is 1.44. The van der Waals surface area contributed by atoms with Gasteiger partial charge >= 0.3 is 0 Å². The lowest BCUT2D eigenvalue weighted by molar-refractivity contribution is -0.116. The van der Waals surface area contributed by atoms with E-state index in [1.165, 1.54) is 29.5 Å². The standard InChI is InChI=1S/C25H21Br2FN2O2S/c1-2-15-6-8-19(9-7-15)29-25-30-24(31)22(33-25)13-17-11-20(26)23(21(27)12-17)32-14-16-4-3-5-18(28)10-16/h3-13,25,29H,2,14H2,1H3,(H,30,31)/b22-13-/t25-/m0/s1. The number of hydrogen-bond donors (Lipinski definition) is 2. The Morgan fingerprint density at radius 1 is 1.09 bits per heavy atom. The molecule has 4 nitrogen and oxygen atoms in total. The lowest BCUT2D eigenvalue weighted by atomic mass is 10.1.